The molecule has 0 bridgehead atoms. The van der Waals surface area contributed by atoms with Crippen LogP contribution in [0.2, 0.25) is 0 Å². The van der Waals surface area contributed by atoms with E-state index in [-0.39, 0.29) is 24.6 Å². The number of nitrogens with one attached hydrogen (secondary N) is 1. The van der Waals surface area contributed by atoms with Gasteiger partial charge in [-0.2, -0.15) is 0 Å². The predicted octanol–water partition coefficient (Wildman–Crippen LogP) is 3.69. The fourth-order valence-electron chi connectivity index (χ4n) is 3.12. The van der Waals surface area contributed by atoms with Crippen molar-refractivity contribution in [2.45, 2.75) is 18.7 Å². The summed E-state index contributed by atoms with van der Waals surface area (Å²) in [5, 5.41) is 2.75. The maximum atomic E-state index is 13.3. The number of aryl methyl sites for hydroxylation is 2. The summed E-state index contributed by atoms with van der Waals surface area (Å²) in [4.78, 5) is 12.8. The second-order valence-corrected chi connectivity index (χ2v) is 8.94. The minimum atomic E-state index is -3.91. The third-order valence-corrected chi connectivity index (χ3v) is 6.55. The van der Waals surface area contributed by atoms with Crippen molar-refractivity contribution >= 4 is 21.6 Å². The third-order valence-electron chi connectivity index (χ3n) is 4.78. The third kappa shape index (κ3) is 5.64. The Hall–Kier alpha value is -3.32. The molecule has 0 saturated heterocycles. The van der Waals surface area contributed by atoms with Crippen LogP contribution in [-0.2, 0) is 14.8 Å². The largest absolute Gasteiger partial charge is 0.491 e. The molecule has 162 valence electrons. The second-order valence-electron chi connectivity index (χ2n) is 7.08. The molecule has 0 fully saturated rings. The van der Waals surface area contributed by atoms with E-state index in [1.165, 1.54) is 12.1 Å². The Morgan fingerprint density at radius 2 is 1.48 bits per heavy atom. The van der Waals surface area contributed by atoms with Gasteiger partial charge in [-0.15, -0.1) is 0 Å². The molecule has 3 aromatic rings. The monoisotopic (exact) mass is 438 g/mol. The number of ether oxygens (including phenoxy) is 1. The van der Waals surface area contributed by atoms with Crippen LogP contribution in [0.1, 0.15) is 11.1 Å². The summed E-state index contributed by atoms with van der Waals surface area (Å²) in [6, 6.07) is 22.8. The molecule has 0 aromatic heterocycles. The van der Waals surface area contributed by atoms with Gasteiger partial charge in [-0.05, 0) is 49.2 Å². The lowest BCUT2D eigenvalue weighted by molar-refractivity contribution is -0.119. The van der Waals surface area contributed by atoms with Crippen LogP contribution in [0.3, 0.4) is 0 Å². The molecule has 0 unspecified atom stereocenters. The van der Waals surface area contributed by atoms with E-state index in [1.54, 1.807) is 30.3 Å². The maximum Gasteiger partial charge on any atom is 0.264 e. The Morgan fingerprint density at radius 1 is 0.871 bits per heavy atom. The van der Waals surface area contributed by atoms with Crippen molar-refractivity contribution in [2.75, 3.05) is 24.0 Å². The molecule has 3 rings (SSSR count). The standard InChI is InChI=1S/C24H26N2O4S/c1-19-10-6-8-14-22(19)26(31(28,29)21-12-4-3-5-13-21)18-24(27)25-16-17-30-23-15-9-7-11-20(23)2/h3-15H,16-18H2,1-2H3,(H,25,27). The smallest absolute Gasteiger partial charge is 0.264 e. The van der Waals surface area contributed by atoms with E-state index in [1.807, 2.05) is 50.2 Å². The molecule has 31 heavy (non-hydrogen) atoms. The number of amides is 1. The van der Waals surface area contributed by atoms with Gasteiger partial charge in [0.25, 0.3) is 10.0 Å². The normalized spacial score (nSPS) is 11.0. The Morgan fingerprint density at radius 3 is 2.16 bits per heavy atom. The molecule has 0 aliphatic carbocycles. The number of sulfonamides is 1. The summed E-state index contributed by atoms with van der Waals surface area (Å²) in [5.41, 5.74) is 2.24. The van der Waals surface area contributed by atoms with E-state index in [4.69, 9.17) is 4.74 Å². The van der Waals surface area contributed by atoms with E-state index in [2.05, 4.69) is 5.32 Å². The molecule has 0 aliphatic rings. The Kier molecular flexibility index (Phi) is 7.31. The lowest BCUT2D eigenvalue weighted by atomic mass is 10.2. The summed E-state index contributed by atoms with van der Waals surface area (Å²) in [6.07, 6.45) is 0. The van der Waals surface area contributed by atoms with Crippen molar-refractivity contribution in [1.82, 2.24) is 5.32 Å². The maximum absolute atomic E-state index is 13.3. The first-order chi connectivity index (χ1) is 14.9. The highest BCUT2D eigenvalue weighted by Crippen LogP contribution is 2.26. The molecular weight excluding hydrogens is 412 g/mol. The predicted molar refractivity (Wildman–Crippen MR) is 122 cm³/mol. The molecule has 7 heteroatoms. The second kappa shape index (κ2) is 10.1. The number of benzene rings is 3. The molecule has 0 radical (unpaired) electrons. The minimum absolute atomic E-state index is 0.133. The van der Waals surface area contributed by atoms with Gasteiger partial charge in [0, 0.05) is 0 Å². The van der Waals surface area contributed by atoms with Crippen molar-refractivity contribution < 1.29 is 17.9 Å². The van der Waals surface area contributed by atoms with Gasteiger partial charge in [-0.25, -0.2) is 8.42 Å². The van der Waals surface area contributed by atoms with Crippen LogP contribution in [0.25, 0.3) is 0 Å². The molecule has 1 N–H and O–H groups in total. The number of rotatable bonds is 9. The number of anilines is 1. The summed E-state index contributed by atoms with van der Waals surface area (Å²) in [5.74, 6) is 0.348. The van der Waals surface area contributed by atoms with Gasteiger partial charge in [-0.1, -0.05) is 54.6 Å². The molecule has 0 saturated carbocycles. The number of para-hydroxylation sites is 2. The zero-order valence-electron chi connectivity index (χ0n) is 17.6. The van der Waals surface area contributed by atoms with E-state index in [0.717, 1.165) is 21.2 Å². The van der Waals surface area contributed by atoms with Crippen LogP contribution in [0.4, 0.5) is 5.69 Å². The van der Waals surface area contributed by atoms with Crippen LogP contribution in [0.5, 0.6) is 5.75 Å². The molecule has 3 aromatic carbocycles. The summed E-state index contributed by atoms with van der Waals surface area (Å²) in [6.45, 7) is 3.98. The Labute approximate surface area is 183 Å². The fraction of sp³-hybridized carbons (Fsp3) is 0.208. The number of hydrogen-bond donors (Lipinski definition) is 1. The van der Waals surface area contributed by atoms with E-state index < -0.39 is 15.9 Å². The quantitative estimate of drug-likeness (QED) is 0.517. The summed E-state index contributed by atoms with van der Waals surface area (Å²) in [7, 11) is -3.91. The van der Waals surface area contributed by atoms with Crippen molar-refractivity contribution in [2.24, 2.45) is 0 Å². The van der Waals surface area contributed by atoms with Gasteiger partial charge in [0.05, 0.1) is 17.1 Å². The van der Waals surface area contributed by atoms with Gasteiger partial charge < -0.3 is 10.1 Å². The molecule has 0 spiro atoms. The van der Waals surface area contributed by atoms with Gasteiger partial charge >= 0.3 is 0 Å². The topological polar surface area (TPSA) is 75.7 Å². The molecular formula is C24H26N2O4S. The number of nitrogens with zero attached hydrogens (tertiary/aromatic N) is 1. The average Bonchev–Trinajstić information content (AvgIpc) is 2.77. The number of hydrogen-bond acceptors (Lipinski definition) is 4. The van der Waals surface area contributed by atoms with Gasteiger partial charge in [0.1, 0.15) is 18.9 Å². The van der Waals surface area contributed by atoms with Crippen molar-refractivity contribution in [3.8, 4) is 5.75 Å². The first-order valence-corrected chi connectivity index (χ1v) is 11.4. The molecule has 0 aliphatic heterocycles. The molecule has 0 atom stereocenters. The lowest BCUT2D eigenvalue weighted by Crippen LogP contribution is -2.42. The first kappa shape index (κ1) is 22.4. The molecule has 0 heterocycles. The highest BCUT2D eigenvalue weighted by molar-refractivity contribution is 7.92. The van der Waals surface area contributed by atoms with Crippen molar-refractivity contribution in [1.29, 1.82) is 0 Å². The van der Waals surface area contributed by atoms with Crippen molar-refractivity contribution in [3.05, 3.63) is 90.0 Å². The van der Waals surface area contributed by atoms with Crippen LogP contribution in [0.15, 0.2) is 83.8 Å². The van der Waals surface area contributed by atoms with E-state index in [9.17, 15) is 13.2 Å². The van der Waals surface area contributed by atoms with Gasteiger partial charge in [-0.3, -0.25) is 9.10 Å². The highest BCUT2D eigenvalue weighted by Gasteiger charge is 2.27. The average molecular weight is 439 g/mol. The molecule has 1 amide bonds. The van der Waals surface area contributed by atoms with Crippen LogP contribution in [-0.4, -0.2) is 34.0 Å². The lowest BCUT2D eigenvalue weighted by Gasteiger charge is -2.25. The Bertz CT molecular complexity index is 1130. The fourth-order valence-corrected chi connectivity index (χ4v) is 4.63. The van der Waals surface area contributed by atoms with E-state index >= 15 is 0 Å². The number of carbonyl (C=O) groups is 1. The van der Waals surface area contributed by atoms with Gasteiger partial charge in [0.15, 0.2) is 0 Å². The SMILES string of the molecule is Cc1ccccc1OCCNC(=O)CN(c1ccccc1C)S(=O)(=O)c1ccccc1. The van der Waals surface area contributed by atoms with E-state index in [0.29, 0.717) is 5.69 Å². The summed E-state index contributed by atoms with van der Waals surface area (Å²) >= 11 is 0. The first-order valence-electron chi connectivity index (χ1n) is 9.98. The zero-order chi connectivity index (χ0) is 22.3. The minimum Gasteiger partial charge on any atom is -0.491 e. The van der Waals surface area contributed by atoms with Gasteiger partial charge in [0.2, 0.25) is 5.91 Å². The zero-order valence-corrected chi connectivity index (χ0v) is 18.4. The Balaban J connectivity index is 1.71. The highest BCUT2D eigenvalue weighted by atomic mass is 32.2. The summed E-state index contributed by atoms with van der Waals surface area (Å²) < 4.78 is 33.4. The van der Waals surface area contributed by atoms with Crippen LogP contribution < -0.4 is 14.4 Å². The van der Waals surface area contributed by atoms with Crippen LogP contribution in [0, 0.1) is 13.8 Å². The number of carbonyl (C=O) groups excluding carboxylic acids is 1. The van der Waals surface area contributed by atoms with Crippen molar-refractivity contribution in [3.63, 3.8) is 0 Å². The molecule has 6 nitrogen and oxygen atoms in total. The van der Waals surface area contributed by atoms with Crippen LogP contribution >= 0.6 is 0 Å².